The van der Waals surface area contributed by atoms with Crippen molar-refractivity contribution >= 4 is 27.6 Å². The number of nitrogens with one attached hydrogen (secondary N) is 2. The number of hydrogen-bond donors (Lipinski definition) is 2. The summed E-state index contributed by atoms with van der Waals surface area (Å²) in [5.41, 5.74) is 0. The maximum absolute atomic E-state index is 4.27. The van der Waals surface area contributed by atoms with E-state index in [0.717, 1.165) is 22.7 Å². The van der Waals surface area contributed by atoms with Crippen LogP contribution in [0.4, 0.5) is 11.6 Å². The summed E-state index contributed by atoms with van der Waals surface area (Å²) >= 11 is 3.52. The van der Waals surface area contributed by atoms with Crippen molar-refractivity contribution in [2.45, 2.75) is 27.7 Å². The molecular formula is C13H23BrN4. The topological polar surface area (TPSA) is 49.8 Å². The van der Waals surface area contributed by atoms with Crippen molar-refractivity contribution < 1.29 is 0 Å². The third kappa shape index (κ3) is 3.83. The van der Waals surface area contributed by atoms with Crippen LogP contribution < -0.4 is 10.6 Å². The molecule has 0 saturated heterocycles. The van der Waals surface area contributed by atoms with E-state index in [1.54, 1.807) is 6.33 Å². The molecule has 0 amide bonds. The van der Waals surface area contributed by atoms with Crippen molar-refractivity contribution in [1.82, 2.24) is 9.97 Å². The van der Waals surface area contributed by atoms with E-state index >= 15 is 0 Å². The average molecular weight is 315 g/mol. The molecule has 102 valence electrons. The summed E-state index contributed by atoms with van der Waals surface area (Å²) in [6.07, 6.45) is 1.57. The molecule has 1 heterocycles. The molecule has 0 aromatic carbocycles. The molecule has 4 nitrogen and oxygen atoms in total. The Balaban J connectivity index is 2.73. The second kappa shape index (κ2) is 6.92. The molecule has 0 fully saturated rings. The summed E-state index contributed by atoms with van der Waals surface area (Å²) in [6, 6.07) is 0. The summed E-state index contributed by atoms with van der Waals surface area (Å²) in [4.78, 5) is 8.41. The van der Waals surface area contributed by atoms with Gasteiger partial charge in [-0.1, -0.05) is 27.7 Å². The van der Waals surface area contributed by atoms with Gasteiger partial charge in [-0.05, 0) is 33.7 Å². The molecule has 0 atom stereocenters. The fraction of sp³-hybridized carbons (Fsp3) is 0.692. The Morgan fingerprint density at radius 3 is 2.17 bits per heavy atom. The molecule has 0 aliphatic heterocycles. The Kier molecular flexibility index (Phi) is 5.85. The first-order chi connectivity index (χ1) is 8.47. The van der Waals surface area contributed by atoms with Crippen LogP contribution in [0.25, 0.3) is 0 Å². The first-order valence-corrected chi connectivity index (χ1v) is 7.18. The fourth-order valence-electron chi connectivity index (χ4n) is 2.12. The highest BCUT2D eigenvalue weighted by molar-refractivity contribution is 9.10. The number of aromatic nitrogens is 2. The number of rotatable bonds is 6. The number of halogens is 1. The molecule has 1 rings (SSSR count). The van der Waals surface area contributed by atoms with Crippen LogP contribution in [0.1, 0.15) is 27.7 Å². The summed E-state index contributed by atoms with van der Waals surface area (Å²) in [5.74, 6) is 3.59. The zero-order chi connectivity index (χ0) is 13.7. The van der Waals surface area contributed by atoms with Crippen LogP contribution in [0.2, 0.25) is 0 Å². The Morgan fingerprint density at radius 2 is 1.67 bits per heavy atom. The summed E-state index contributed by atoms with van der Waals surface area (Å²) in [6.45, 7) is 9.98. The summed E-state index contributed by atoms with van der Waals surface area (Å²) in [5, 5.41) is 6.44. The standard InChI is InChI=1S/C13H23BrN4/c1-8(2)10(9(3)4)6-16-13-11(14)12(15-5)17-7-18-13/h7-10H,6H2,1-5H3,(H2,15,16,17,18). The van der Waals surface area contributed by atoms with Gasteiger partial charge in [0.05, 0.1) is 0 Å². The highest BCUT2D eigenvalue weighted by Crippen LogP contribution is 2.27. The monoisotopic (exact) mass is 314 g/mol. The quantitative estimate of drug-likeness (QED) is 0.842. The third-order valence-electron chi connectivity index (χ3n) is 3.24. The van der Waals surface area contributed by atoms with E-state index in [2.05, 4.69) is 64.2 Å². The fourth-order valence-corrected chi connectivity index (χ4v) is 2.67. The minimum atomic E-state index is 0.630. The number of nitrogens with zero attached hydrogens (tertiary/aromatic N) is 2. The van der Waals surface area contributed by atoms with E-state index in [1.165, 1.54) is 0 Å². The molecule has 0 aliphatic rings. The molecular weight excluding hydrogens is 292 g/mol. The second-order valence-electron chi connectivity index (χ2n) is 5.17. The molecule has 0 saturated carbocycles. The number of hydrogen-bond acceptors (Lipinski definition) is 4. The highest BCUT2D eigenvalue weighted by atomic mass is 79.9. The second-order valence-corrected chi connectivity index (χ2v) is 5.96. The van der Waals surface area contributed by atoms with E-state index < -0.39 is 0 Å². The van der Waals surface area contributed by atoms with Gasteiger partial charge in [0, 0.05) is 13.6 Å². The van der Waals surface area contributed by atoms with Crippen LogP contribution in [-0.2, 0) is 0 Å². The molecule has 2 N–H and O–H groups in total. The van der Waals surface area contributed by atoms with Crippen LogP contribution >= 0.6 is 15.9 Å². The lowest BCUT2D eigenvalue weighted by Crippen LogP contribution is -2.25. The molecule has 0 spiro atoms. The van der Waals surface area contributed by atoms with E-state index in [1.807, 2.05) is 7.05 Å². The Bertz CT molecular complexity index is 371. The van der Waals surface area contributed by atoms with Crippen molar-refractivity contribution in [3.05, 3.63) is 10.8 Å². The van der Waals surface area contributed by atoms with Gasteiger partial charge in [0.25, 0.3) is 0 Å². The molecule has 18 heavy (non-hydrogen) atoms. The lowest BCUT2D eigenvalue weighted by Gasteiger charge is -2.25. The first kappa shape index (κ1) is 15.2. The molecule has 0 radical (unpaired) electrons. The zero-order valence-electron chi connectivity index (χ0n) is 11.8. The normalized spacial score (nSPS) is 11.4. The van der Waals surface area contributed by atoms with E-state index in [0.29, 0.717) is 17.8 Å². The Morgan fingerprint density at radius 1 is 1.11 bits per heavy atom. The first-order valence-electron chi connectivity index (χ1n) is 6.39. The van der Waals surface area contributed by atoms with Crippen molar-refractivity contribution in [2.24, 2.45) is 17.8 Å². The third-order valence-corrected chi connectivity index (χ3v) is 4.00. The van der Waals surface area contributed by atoms with Crippen molar-refractivity contribution in [1.29, 1.82) is 0 Å². The Labute approximate surface area is 118 Å². The van der Waals surface area contributed by atoms with Gasteiger partial charge in [-0.3, -0.25) is 0 Å². The summed E-state index contributed by atoms with van der Waals surface area (Å²) in [7, 11) is 1.85. The van der Waals surface area contributed by atoms with Gasteiger partial charge in [-0.15, -0.1) is 0 Å². The van der Waals surface area contributed by atoms with Gasteiger partial charge in [-0.2, -0.15) is 0 Å². The molecule has 1 aromatic rings. The minimum absolute atomic E-state index is 0.630. The lowest BCUT2D eigenvalue weighted by atomic mass is 9.85. The van der Waals surface area contributed by atoms with Gasteiger partial charge >= 0.3 is 0 Å². The average Bonchev–Trinajstić information content (AvgIpc) is 2.30. The van der Waals surface area contributed by atoms with Gasteiger partial charge < -0.3 is 10.6 Å². The maximum Gasteiger partial charge on any atom is 0.145 e. The van der Waals surface area contributed by atoms with E-state index in [4.69, 9.17) is 0 Å². The smallest absolute Gasteiger partial charge is 0.145 e. The van der Waals surface area contributed by atoms with Crippen molar-refractivity contribution in [3.63, 3.8) is 0 Å². The van der Waals surface area contributed by atoms with Crippen LogP contribution in [0.5, 0.6) is 0 Å². The predicted octanol–water partition coefficient (Wildman–Crippen LogP) is 3.62. The molecule has 0 aliphatic carbocycles. The maximum atomic E-state index is 4.27. The minimum Gasteiger partial charge on any atom is -0.372 e. The number of anilines is 2. The van der Waals surface area contributed by atoms with Crippen molar-refractivity contribution in [2.75, 3.05) is 24.2 Å². The Hall–Kier alpha value is -0.840. The molecule has 0 unspecified atom stereocenters. The van der Waals surface area contributed by atoms with Gasteiger partial charge in [0.2, 0.25) is 0 Å². The largest absolute Gasteiger partial charge is 0.372 e. The van der Waals surface area contributed by atoms with Crippen LogP contribution in [0, 0.1) is 17.8 Å². The molecule has 1 aromatic heterocycles. The molecule has 0 bridgehead atoms. The van der Waals surface area contributed by atoms with Crippen LogP contribution in [0.3, 0.4) is 0 Å². The summed E-state index contributed by atoms with van der Waals surface area (Å²) < 4.78 is 0.888. The van der Waals surface area contributed by atoms with Crippen LogP contribution in [-0.4, -0.2) is 23.6 Å². The lowest BCUT2D eigenvalue weighted by molar-refractivity contribution is 0.304. The zero-order valence-corrected chi connectivity index (χ0v) is 13.4. The van der Waals surface area contributed by atoms with Gasteiger partial charge in [-0.25, -0.2) is 9.97 Å². The van der Waals surface area contributed by atoms with Gasteiger partial charge in [0.15, 0.2) is 0 Å². The van der Waals surface area contributed by atoms with Gasteiger partial charge in [0.1, 0.15) is 22.4 Å². The van der Waals surface area contributed by atoms with E-state index in [9.17, 15) is 0 Å². The highest BCUT2D eigenvalue weighted by Gasteiger charge is 2.18. The SMILES string of the molecule is CNc1ncnc(NCC(C(C)C)C(C)C)c1Br. The van der Waals surface area contributed by atoms with Crippen molar-refractivity contribution in [3.8, 4) is 0 Å². The van der Waals surface area contributed by atoms with Crippen LogP contribution in [0.15, 0.2) is 10.8 Å². The van der Waals surface area contributed by atoms with E-state index in [-0.39, 0.29) is 0 Å². The predicted molar refractivity (Wildman–Crippen MR) is 80.9 cm³/mol. The molecule has 5 heteroatoms.